The van der Waals surface area contributed by atoms with E-state index in [1.165, 1.54) is 32.9 Å². The number of benzene rings is 3. The molecule has 4 rings (SSSR count). The van der Waals surface area contributed by atoms with Crippen molar-refractivity contribution in [3.63, 3.8) is 0 Å². The lowest BCUT2D eigenvalue weighted by Gasteiger charge is -2.09. The molecule has 0 fully saturated rings. The van der Waals surface area contributed by atoms with Crippen LogP contribution in [0.25, 0.3) is 32.9 Å². The molecule has 0 saturated heterocycles. The number of nitrogen functional groups attached to an aromatic ring is 1. The van der Waals surface area contributed by atoms with Crippen molar-refractivity contribution < 1.29 is 4.57 Å². The number of pyridine rings is 1. The zero-order valence-corrected chi connectivity index (χ0v) is 12.5. The summed E-state index contributed by atoms with van der Waals surface area (Å²) in [4.78, 5) is 0. The van der Waals surface area contributed by atoms with Gasteiger partial charge in [0.2, 0.25) is 11.2 Å². The van der Waals surface area contributed by atoms with Crippen molar-refractivity contribution in [2.24, 2.45) is 7.05 Å². The minimum Gasteiger partial charge on any atom is -0.399 e. The average Bonchev–Trinajstić information content (AvgIpc) is 2.57. The highest BCUT2D eigenvalue weighted by atomic mass is 14.9. The SMILES string of the molecule is C[n+]1c(-c2ccc(N)cc2)c2ccccc2c2ccccc21. The maximum Gasteiger partial charge on any atom is 0.220 e. The summed E-state index contributed by atoms with van der Waals surface area (Å²) < 4.78 is 2.27. The van der Waals surface area contributed by atoms with Crippen molar-refractivity contribution in [1.82, 2.24) is 0 Å². The topological polar surface area (TPSA) is 29.9 Å². The molecule has 0 radical (unpaired) electrons. The number of para-hydroxylation sites is 1. The fraction of sp³-hybridized carbons (Fsp3) is 0.0500. The molecule has 3 aromatic carbocycles. The van der Waals surface area contributed by atoms with Crippen LogP contribution in [0.1, 0.15) is 0 Å². The third-order valence-electron chi connectivity index (χ3n) is 4.26. The number of aromatic nitrogens is 1. The molecular formula is C20H17N2+. The van der Waals surface area contributed by atoms with Gasteiger partial charge in [-0.25, -0.2) is 0 Å². The molecule has 2 nitrogen and oxygen atoms in total. The number of rotatable bonds is 1. The lowest BCUT2D eigenvalue weighted by Crippen LogP contribution is -2.32. The molecule has 4 aromatic rings. The van der Waals surface area contributed by atoms with E-state index in [1.807, 2.05) is 12.1 Å². The first-order chi connectivity index (χ1) is 10.8. The van der Waals surface area contributed by atoms with Crippen molar-refractivity contribution in [3.8, 4) is 11.3 Å². The van der Waals surface area contributed by atoms with E-state index in [-0.39, 0.29) is 0 Å². The number of hydrogen-bond acceptors (Lipinski definition) is 1. The van der Waals surface area contributed by atoms with Crippen molar-refractivity contribution in [2.75, 3.05) is 5.73 Å². The van der Waals surface area contributed by atoms with Crippen molar-refractivity contribution >= 4 is 27.4 Å². The van der Waals surface area contributed by atoms with Crippen LogP contribution >= 0.6 is 0 Å². The first kappa shape index (κ1) is 12.8. The predicted octanol–water partition coefficient (Wildman–Crippen LogP) is 4.07. The predicted molar refractivity (Wildman–Crippen MR) is 92.5 cm³/mol. The Morgan fingerprint density at radius 3 is 2.00 bits per heavy atom. The molecule has 0 atom stereocenters. The number of anilines is 1. The average molecular weight is 285 g/mol. The van der Waals surface area contributed by atoms with Crippen LogP contribution in [0.15, 0.2) is 72.8 Å². The minimum absolute atomic E-state index is 0.788. The van der Waals surface area contributed by atoms with Gasteiger partial charge in [0.05, 0.1) is 10.8 Å². The summed E-state index contributed by atoms with van der Waals surface area (Å²) in [5.74, 6) is 0. The summed E-state index contributed by atoms with van der Waals surface area (Å²) >= 11 is 0. The van der Waals surface area contributed by atoms with Gasteiger partial charge in [-0.2, -0.15) is 4.57 Å². The second kappa shape index (κ2) is 4.85. The van der Waals surface area contributed by atoms with Gasteiger partial charge >= 0.3 is 0 Å². The van der Waals surface area contributed by atoms with E-state index in [2.05, 4.69) is 72.3 Å². The molecule has 0 saturated carbocycles. The second-order valence-electron chi connectivity index (χ2n) is 5.59. The van der Waals surface area contributed by atoms with Gasteiger partial charge in [0.25, 0.3) is 0 Å². The second-order valence-corrected chi connectivity index (χ2v) is 5.59. The normalized spacial score (nSPS) is 11.1. The summed E-state index contributed by atoms with van der Waals surface area (Å²) in [7, 11) is 2.13. The van der Waals surface area contributed by atoms with Crippen molar-refractivity contribution in [3.05, 3.63) is 72.8 Å². The fourth-order valence-electron chi connectivity index (χ4n) is 3.21. The number of aryl methyl sites for hydroxylation is 1. The molecule has 0 aliphatic carbocycles. The Kier molecular flexibility index (Phi) is 2.83. The Balaban J connectivity index is 2.20. The van der Waals surface area contributed by atoms with Crippen LogP contribution in [0.2, 0.25) is 0 Å². The van der Waals surface area contributed by atoms with Crippen LogP contribution in [0.4, 0.5) is 5.69 Å². The van der Waals surface area contributed by atoms with E-state index in [4.69, 9.17) is 5.73 Å². The number of fused-ring (bicyclic) bond motifs is 3. The summed E-state index contributed by atoms with van der Waals surface area (Å²) in [6, 6.07) is 25.2. The largest absolute Gasteiger partial charge is 0.399 e. The van der Waals surface area contributed by atoms with Crippen LogP contribution in [0.5, 0.6) is 0 Å². The highest BCUT2D eigenvalue weighted by Crippen LogP contribution is 2.30. The third-order valence-corrected chi connectivity index (χ3v) is 4.26. The van der Waals surface area contributed by atoms with Crippen LogP contribution in [-0.4, -0.2) is 0 Å². The molecule has 106 valence electrons. The minimum atomic E-state index is 0.788. The van der Waals surface area contributed by atoms with E-state index in [9.17, 15) is 0 Å². The fourth-order valence-corrected chi connectivity index (χ4v) is 3.21. The summed E-state index contributed by atoms with van der Waals surface area (Å²) in [5, 5.41) is 3.82. The molecule has 0 amide bonds. The highest BCUT2D eigenvalue weighted by molar-refractivity contribution is 6.08. The number of hydrogen-bond donors (Lipinski definition) is 1. The van der Waals surface area contributed by atoms with Gasteiger partial charge in [0, 0.05) is 22.7 Å². The highest BCUT2D eigenvalue weighted by Gasteiger charge is 2.19. The third kappa shape index (κ3) is 1.85. The number of nitrogens with two attached hydrogens (primary N) is 1. The molecule has 2 N–H and O–H groups in total. The Bertz CT molecular complexity index is 986. The van der Waals surface area contributed by atoms with Crippen molar-refractivity contribution in [2.45, 2.75) is 0 Å². The Morgan fingerprint density at radius 1 is 0.682 bits per heavy atom. The van der Waals surface area contributed by atoms with Gasteiger partial charge in [0.1, 0.15) is 7.05 Å². The van der Waals surface area contributed by atoms with E-state index < -0.39 is 0 Å². The van der Waals surface area contributed by atoms with Gasteiger partial charge < -0.3 is 5.73 Å². The molecule has 1 aromatic heterocycles. The summed E-state index contributed by atoms with van der Waals surface area (Å²) in [6.07, 6.45) is 0. The smallest absolute Gasteiger partial charge is 0.220 e. The van der Waals surface area contributed by atoms with Crippen LogP contribution < -0.4 is 10.3 Å². The van der Waals surface area contributed by atoms with Gasteiger partial charge in [-0.1, -0.05) is 30.3 Å². The lowest BCUT2D eigenvalue weighted by atomic mass is 9.99. The maximum absolute atomic E-state index is 5.84. The molecular weight excluding hydrogens is 268 g/mol. The molecule has 0 bridgehead atoms. The zero-order chi connectivity index (χ0) is 15.1. The van der Waals surface area contributed by atoms with Crippen LogP contribution in [0, 0.1) is 0 Å². The Labute approximate surface area is 129 Å². The first-order valence-electron chi connectivity index (χ1n) is 7.41. The number of nitrogens with zero attached hydrogens (tertiary/aromatic N) is 1. The summed E-state index contributed by atoms with van der Waals surface area (Å²) in [5.41, 5.74) is 10.3. The van der Waals surface area contributed by atoms with Crippen LogP contribution in [0.3, 0.4) is 0 Å². The monoisotopic (exact) mass is 285 g/mol. The lowest BCUT2D eigenvalue weighted by molar-refractivity contribution is -0.632. The van der Waals surface area contributed by atoms with E-state index in [0.29, 0.717) is 0 Å². The first-order valence-corrected chi connectivity index (χ1v) is 7.41. The summed E-state index contributed by atoms with van der Waals surface area (Å²) in [6.45, 7) is 0. The van der Waals surface area contributed by atoms with Gasteiger partial charge in [-0.05, 0) is 36.4 Å². The van der Waals surface area contributed by atoms with E-state index >= 15 is 0 Å². The van der Waals surface area contributed by atoms with Gasteiger partial charge in [0.15, 0.2) is 0 Å². The zero-order valence-electron chi connectivity index (χ0n) is 12.5. The van der Waals surface area contributed by atoms with Gasteiger partial charge in [-0.3, -0.25) is 0 Å². The van der Waals surface area contributed by atoms with E-state index in [1.54, 1.807) is 0 Å². The molecule has 2 heteroatoms. The van der Waals surface area contributed by atoms with Crippen LogP contribution in [-0.2, 0) is 7.05 Å². The molecule has 1 heterocycles. The molecule has 0 unspecified atom stereocenters. The Hall–Kier alpha value is -2.87. The van der Waals surface area contributed by atoms with Crippen molar-refractivity contribution in [1.29, 1.82) is 0 Å². The molecule has 0 spiro atoms. The molecule has 0 aliphatic heterocycles. The van der Waals surface area contributed by atoms with Gasteiger partial charge in [-0.15, -0.1) is 0 Å². The standard InChI is InChI=1S/C20H16N2/c1-22-19-9-5-4-7-17(19)16-6-2-3-8-18(16)20(22)14-10-12-15(21)13-11-14/h2-13,21H,1H3/p+1. The molecule has 0 aliphatic rings. The quantitative estimate of drug-likeness (QED) is 0.319. The maximum atomic E-state index is 5.84. The molecule has 22 heavy (non-hydrogen) atoms. The van der Waals surface area contributed by atoms with E-state index in [0.717, 1.165) is 5.69 Å². The Morgan fingerprint density at radius 2 is 1.27 bits per heavy atom.